The van der Waals surface area contributed by atoms with E-state index in [1.807, 2.05) is 49.4 Å². The van der Waals surface area contributed by atoms with Gasteiger partial charge in [-0.15, -0.1) is 0 Å². The normalized spacial score (nSPS) is 19.8. The number of anilines is 1. The van der Waals surface area contributed by atoms with Gasteiger partial charge in [-0.25, -0.2) is 0 Å². The van der Waals surface area contributed by atoms with Crippen LogP contribution in [0.25, 0.3) is 0 Å². The lowest BCUT2D eigenvalue weighted by atomic mass is 9.99. The molecule has 0 radical (unpaired) electrons. The van der Waals surface area contributed by atoms with E-state index in [4.69, 9.17) is 10.5 Å². The average molecular weight is 321 g/mol. The first-order valence-corrected chi connectivity index (χ1v) is 8.13. The molecule has 5 nitrogen and oxygen atoms in total. The van der Waals surface area contributed by atoms with E-state index in [1.54, 1.807) is 0 Å². The Kier molecular flexibility index (Phi) is 3.58. The average Bonchev–Trinajstić information content (AvgIpc) is 3.38. The van der Waals surface area contributed by atoms with Gasteiger partial charge in [-0.1, -0.05) is 35.9 Å². The summed E-state index contributed by atoms with van der Waals surface area (Å²) in [5.74, 6) is 0.351. The van der Waals surface area contributed by atoms with Crippen molar-refractivity contribution in [3.63, 3.8) is 0 Å². The minimum absolute atomic E-state index is 0.240. The summed E-state index contributed by atoms with van der Waals surface area (Å²) in [6.45, 7) is 2.03. The van der Waals surface area contributed by atoms with Crippen LogP contribution in [0.1, 0.15) is 29.5 Å². The number of aliphatic imine (C=N–C) groups is 1. The van der Waals surface area contributed by atoms with Crippen LogP contribution in [0.3, 0.4) is 0 Å². The summed E-state index contributed by atoms with van der Waals surface area (Å²) >= 11 is 0. The predicted molar refractivity (Wildman–Crippen MR) is 93.5 cm³/mol. The van der Waals surface area contributed by atoms with E-state index < -0.39 is 6.17 Å². The van der Waals surface area contributed by atoms with Crippen molar-refractivity contribution in [2.24, 2.45) is 10.7 Å². The van der Waals surface area contributed by atoms with E-state index in [9.17, 15) is 4.79 Å². The number of benzene rings is 2. The van der Waals surface area contributed by atoms with Gasteiger partial charge in [0.25, 0.3) is 5.91 Å². The van der Waals surface area contributed by atoms with Gasteiger partial charge in [-0.05, 0) is 31.9 Å². The molecule has 1 amide bonds. The van der Waals surface area contributed by atoms with Gasteiger partial charge in [0.15, 0.2) is 6.17 Å². The first-order valence-electron chi connectivity index (χ1n) is 8.13. The second-order valence-corrected chi connectivity index (χ2v) is 6.28. The van der Waals surface area contributed by atoms with Crippen molar-refractivity contribution in [3.05, 3.63) is 59.2 Å². The summed E-state index contributed by atoms with van der Waals surface area (Å²) in [4.78, 5) is 16.7. The maximum atomic E-state index is 12.3. The van der Waals surface area contributed by atoms with Crippen LogP contribution in [0.15, 0.2) is 47.5 Å². The monoisotopic (exact) mass is 321 g/mol. The third-order valence-corrected chi connectivity index (χ3v) is 4.18. The number of aryl methyl sites for hydroxylation is 1. The predicted octanol–water partition coefficient (Wildman–Crippen LogP) is 2.61. The number of nitrogens with two attached hydrogens (primary N) is 1. The number of benzodiazepines with no additional fused rings is 1. The van der Waals surface area contributed by atoms with Crippen molar-refractivity contribution < 1.29 is 9.53 Å². The summed E-state index contributed by atoms with van der Waals surface area (Å²) in [6, 6.07) is 13.8. The summed E-state index contributed by atoms with van der Waals surface area (Å²) in [5.41, 5.74) is 10.2. The standard InChI is InChI=1S/C19H19N3O2/c1-11-4-2-5-12(10-11)16-14-6-3-7-15(24-13-8-9-13)17(14)22-19(23)18(20)21-16/h2-7,10,13,18H,8-9,20H2,1H3,(H,22,23). The van der Waals surface area contributed by atoms with Gasteiger partial charge >= 0.3 is 0 Å². The van der Waals surface area contributed by atoms with Gasteiger partial charge in [0, 0.05) is 11.1 Å². The third kappa shape index (κ3) is 2.78. The molecule has 4 rings (SSSR count). The summed E-state index contributed by atoms with van der Waals surface area (Å²) in [5, 5.41) is 2.88. The first-order chi connectivity index (χ1) is 11.6. The zero-order valence-corrected chi connectivity index (χ0v) is 13.5. The van der Waals surface area contributed by atoms with Crippen LogP contribution in [-0.4, -0.2) is 23.9 Å². The van der Waals surface area contributed by atoms with Crippen molar-refractivity contribution >= 4 is 17.3 Å². The SMILES string of the molecule is Cc1cccc(C2=NC(N)C(=O)Nc3c(OC4CC4)cccc32)c1. The number of hydrogen-bond acceptors (Lipinski definition) is 4. The van der Waals surface area contributed by atoms with Crippen LogP contribution in [-0.2, 0) is 4.79 Å². The van der Waals surface area contributed by atoms with Crippen LogP contribution in [0.5, 0.6) is 5.75 Å². The number of nitrogens with zero attached hydrogens (tertiary/aromatic N) is 1. The molecule has 2 aliphatic rings. The van der Waals surface area contributed by atoms with Gasteiger partial charge in [-0.3, -0.25) is 9.79 Å². The Labute approximate surface area is 140 Å². The molecule has 1 atom stereocenters. The topological polar surface area (TPSA) is 76.7 Å². The molecule has 122 valence electrons. The highest BCUT2D eigenvalue weighted by Gasteiger charge is 2.29. The molecule has 2 aromatic carbocycles. The number of carbonyl (C=O) groups is 1. The fourth-order valence-electron chi connectivity index (χ4n) is 2.81. The molecule has 1 unspecified atom stereocenters. The molecular formula is C19H19N3O2. The second-order valence-electron chi connectivity index (χ2n) is 6.28. The number of ether oxygens (including phenoxy) is 1. The fourth-order valence-corrected chi connectivity index (χ4v) is 2.81. The van der Waals surface area contributed by atoms with Gasteiger partial charge in [0.2, 0.25) is 0 Å². The Balaban J connectivity index is 1.87. The minimum atomic E-state index is -0.943. The molecule has 2 aromatic rings. The highest BCUT2D eigenvalue weighted by atomic mass is 16.5. The van der Waals surface area contributed by atoms with E-state index in [0.29, 0.717) is 17.1 Å². The smallest absolute Gasteiger partial charge is 0.263 e. The number of carbonyl (C=O) groups excluding carboxylic acids is 1. The van der Waals surface area contributed by atoms with Crippen molar-refractivity contribution in [1.82, 2.24) is 0 Å². The summed E-state index contributed by atoms with van der Waals surface area (Å²) in [7, 11) is 0. The van der Waals surface area contributed by atoms with E-state index >= 15 is 0 Å². The molecule has 24 heavy (non-hydrogen) atoms. The number of rotatable bonds is 3. The van der Waals surface area contributed by atoms with Gasteiger partial charge in [0.1, 0.15) is 5.75 Å². The maximum Gasteiger partial charge on any atom is 0.263 e. The molecule has 5 heteroatoms. The Hall–Kier alpha value is -2.66. The van der Waals surface area contributed by atoms with Crippen LogP contribution in [0.4, 0.5) is 5.69 Å². The van der Waals surface area contributed by atoms with Crippen molar-refractivity contribution in [1.29, 1.82) is 0 Å². The van der Waals surface area contributed by atoms with Crippen LogP contribution in [0, 0.1) is 6.92 Å². The largest absolute Gasteiger partial charge is 0.488 e. The summed E-state index contributed by atoms with van der Waals surface area (Å²) < 4.78 is 5.96. The number of fused-ring (bicyclic) bond motifs is 1. The van der Waals surface area contributed by atoms with E-state index in [2.05, 4.69) is 10.3 Å². The van der Waals surface area contributed by atoms with Crippen molar-refractivity contribution in [2.75, 3.05) is 5.32 Å². The zero-order chi connectivity index (χ0) is 16.7. The van der Waals surface area contributed by atoms with Gasteiger partial charge < -0.3 is 15.8 Å². The first kappa shape index (κ1) is 14.9. The number of hydrogen-bond donors (Lipinski definition) is 2. The second kappa shape index (κ2) is 5.76. The lowest BCUT2D eigenvalue weighted by molar-refractivity contribution is -0.117. The maximum absolute atomic E-state index is 12.3. The Morgan fingerprint density at radius 2 is 2.00 bits per heavy atom. The zero-order valence-electron chi connectivity index (χ0n) is 13.5. The molecule has 3 N–H and O–H groups in total. The molecule has 0 bridgehead atoms. The van der Waals surface area contributed by atoms with Crippen LogP contribution in [0.2, 0.25) is 0 Å². The lowest BCUT2D eigenvalue weighted by Gasteiger charge is -2.15. The minimum Gasteiger partial charge on any atom is -0.488 e. The third-order valence-electron chi connectivity index (χ3n) is 4.18. The molecule has 1 fully saturated rings. The molecule has 1 aliphatic carbocycles. The quantitative estimate of drug-likeness (QED) is 0.912. The van der Waals surface area contributed by atoms with E-state index in [0.717, 1.165) is 29.5 Å². The highest BCUT2D eigenvalue weighted by Crippen LogP contribution is 2.36. The van der Waals surface area contributed by atoms with Gasteiger partial charge in [0.05, 0.1) is 17.5 Å². The molecule has 1 heterocycles. The van der Waals surface area contributed by atoms with Crippen LogP contribution < -0.4 is 15.8 Å². The van der Waals surface area contributed by atoms with E-state index in [-0.39, 0.29) is 12.0 Å². The van der Waals surface area contributed by atoms with Crippen molar-refractivity contribution in [3.8, 4) is 5.75 Å². The van der Waals surface area contributed by atoms with Crippen molar-refractivity contribution in [2.45, 2.75) is 32.0 Å². The fraction of sp³-hybridized carbons (Fsp3) is 0.263. The molecule has 1 saturated carbocycles. The molecule has 1 aliphatic heterocycles. The molecule has 0 spiro atoms. The highest BCUT2D eigenvalue weighted by molar-refractivity contribution is 6.20. The molecule has 0 aromatic heterocycles. The number of para-hydroxylation sites is 1. The lowest BCUT2D eigenvalue weighted by Crippen LogP contribution is -2.33. The van der Waals surface area contributed by atoms with Gasteiger partial charge in [-0.2, -0.15) is 0 Å². The summed E-state index contributed by atoms with van der Waals surface area (Å²) in [6.07, 6.45) is 1.40. The number of nitrogens with one attached hydrogen (secondary N) is 1. The van der Waals surface area contributed by atoms with Crippen LogP contribution >= 0.6 is 0 Å². The Morgan fingerprint density at radius 3 is 2.75 bits per heavy atom. The molecular weight excluding hydrogens is 302 g/mol. The number of amides is 1. The molecule has 0 saturated heterocycles. The Morgan fingerprint density at radius 1 is 1.21 bits per heavy atom. The Bertz CT molecular complexity index is 840. The van der Waals surface area contributed by atoms with E-state index in [1.165, 1.54) is 0 Å².